The number of thioether (sulfide) groups is 1. The lowest BCUT2D eigenvalue weighted by Crippen LogP contribution is -2.43. The highest BCUT2D eigenvalue weighted by Gasteiger charge is 2.13. The summed E-state index contributed by atoms with van der Waals surface area (Å²) in [5.41, 5.74) is 12.7. The summed E-state index contributed by atoms with van der Waals surface area (Å²) in [6, 6.07) is 8.38. The van der Waals surface area contributed by atoms with E-state index in [0.29, 0.717) is 10.7 Å². The molecule has 2 rings (SSSR count). The molecule has 37 heavy (non-hydrogen) atoms. The van der Waals surface area contributed by atoms with Crippen molar-refractivity contribution in [3.8, 4) is 0 Å². The zero-order valence-corrected chi connectivity index (χ0v) is 23.6. The Kier molecular flexibility index (Phi) is 16.1. The van der Waals surface area contributed by atoms with Gasteiger partial charge in [-0.1, -0.05) is 51.3 Å². The second-order valence-electron chi connectivity index (χ2n) is 8.11. The van der Waals surface area contributed by atoms with Crippen molar-refractivity contribution < 1.29 is 13.6 Å². The molecule has 0 bridgehead atoms. The summed E-state index contributed by atoms with van der Waals surface area (Å²) in [5, 5.41) is 8.35. The number of benzene rings is 1. The minimum absolute atomic E-state index is 0.231. The first-order valence-electron chi connectivity index (χ1n) is 12.7. The molecule has 0 aromatic heterocycles. The van der Waals surface area contributed by atoms with E-state index >= 15 is 0 Å². The molecule has 1 unspecified atom stereocenters. The van der Waals surface area contributed by atoms with E-state index in [9.17, 15) is 8.78 Å². The van der Waals surface area contributed by atoms with Gasteiger partial charge in [0.25, 0.3) is 0 Å². The molecule has 1 aliphatic rings. The number of nitrogens with zero attached hydrogens (tertiary/aromatic N) is 1. The topological polar surface area (TPSA) is 74.6 Å². The summed E-state index contributed by atoms with van der Waals surface area (Å²) in [4.78, 5) is 7.70. The lowest BCUT2D eigenvalue weighted by molar-refractivity contribution is 0.0407. The van der Waals surface area contributed by atoms with E-state index < -0.39 is 12.0 Å². The first-order chi connectivity index (χ1) is 17.8. The Bertz CT molecular complexity index is 934. The predicted molar refractivity (Wildman–Crippen MR) is 156 cm³/mol. The maximum absolute atomic E-state index is 14.0. The zero-order chi connectivity index (χ0) is 27.6. The molecule has 0 amide bonds. The molecule has 1 aromatic carbocycles. The van der Waals surface area contributed by atoms with Crippen LogP contribution in [0.25, 0.3) is 0 Å². The highest BCUT2D eigenvalue weighted by molar-refractivity contribution is 8.06. The molecular formula is C28H43F2N5OS. The van der Waals surface area contributed by atoms with Gasteiger partial charge in [-0.2, -0.15) is 0 Å². The third kappa shape index (κ3) is 12.9. The van der Waals surface area contributed by atoms with Crippen LogP contribution in [0.15, 0.2) is 82.3 Å². The molecule has 206 valence electrons. The Morgan fingerprint density at radius 1 is 1.19 bits per heavy atom. The van der Waals surface area contributed by atoms with Gasteiger partial charge in [-0.05, 0) is 62.3 Å². The number of nitrogens with two attached hydrogens (primary N) is 1. The number of anilines is 2. The van der Waals surface area contributed by atoms with Gasteiger partial charge in [0.05, 0.1) is 5.03 Å². The fraction of sp³-hybridized carbons (Fsp3) is 0.429. The van der Waals surface area contributed by atoms with Crippen LogP contribution in [-0.2, 0) is 4.84 Å². The highest BCUT2D eigenvalue weighted by Crippen LogP contribution is 2.31. The van der Waals surface area contributed by atoms with Gasteiger partial charge < -0.3 is 21.3 Å². The van der Waals surface area contributed by atoms with E-state index in [1.165, 1.54) is 35.7 Å². The zero-order valence-electron chi connectivity index (χ0n) is 22.7. The Hall–Kier alpha value is -2.75. The van der Waals surface area contributed by atoms with Crippen molar-refractivity contribution in [2.75, 3.05) is 43.0 Å². The lowest BCUT2D eigenvalue weighted by atomic mass is 10.2. The smallest absolute Gasteiger partial charge is 0.144 e. The predicted octanol–water partition coefficient (Wildman–Crippen LogP) is 6.51. The van der Waals surface area contributed by atoms with Crippen LogP contribution in [0.2, 0.25) is 0 Å². The van der Waals surface area contributed by atoms with Crippen molar-refractivity contribution in [3.63, 3.8) is 0 Å². The van der Waals surface area contributed by atoms with Gasteiger partial charge in [-0.3, -0.25) is 10.3 Å². The second kappa shape index (κ2) is 18.5. The van der Waals surface area contributed by atoms with Crippen LogP contribution in [-0.4, -0.2) is 39.0 Å². The molecule has 0 spiro atoms. The van der Waals surface area contributed by atoms with Crippen molar-refractivity contribution in [1.29, 1.82) is 0 Å². The molecule has 9 heteroatoms. The average Bonchev–Trinajstić information content (AvgIpc) is 2.91. The van der Waals surface area contributed by atoms with Gasteiger partial charge in [0, 0.05) is 43.3 Å². The van der Waals surface area contributed by atoms with Gasteiger partial charge in [0.1, 0.15) is 23.6 Å². The fourth-order valence-corrected chi connectivity index (χ4v) is 4.01. The number of hydrogen-bond donors (Lipinski definition) is 4. The van der Waals surface area contributed by atoms with E-state index in [-0.39, 0.29) is 6.61 Å². The molecule has 1 fully saturated rings. The summed E-state index contributed by atoms with van der Waals surface area (Å²) >= 11 is 1.40. The summed E-state index contributed by atoms with van der Waals surface area (Å²) in [6.45, 7) is 16.7. The quantitative estimate of drug-likeness (QED) is 0.169. The molecule has 0 radical (unpaired) electrons. The largest absolute Gasteiger partial charge is 0.400 e. The lowest BCUT2D eigenvalue weighted by Gasteiger charge is -2.29. The van der Waals surface area contributed by atoms with E-state index in [4.69, 9.17) is 10.6 Å². The molecular weight excluding hydrogens is 492 g/mol. The second-order valence-corrected chi connectivity index (χ2v) is 9.13. The van der Waals surface area contributed by atoms with Gasteiger partial charge in [-0.25, -0.2) is 8.78 Å². The molecule has 1 atom stereocenters. The van der Waals surface area contributed by atoms with E-state index in [0.717, 1.165) is 55.0 Å². The Labute approximate surface area is 225 Å². The van der Waals surface area contributed by atoms with Crippen molar-refractivity contribution >= 4 is 23.1 Å². The van der Waals surface area contributed by atoms with Crippen molar-refractivity contribution in [2.24, 2.45) is 5.73 Å². The normalized spacial score (nSPS) is 16.0. The van der Waals surface area contributed by atoms with Crippen molar-refractivity contribution in [1.82, 2.24) is 10.8 Å². The molecule has 0 saturated carbocycles. The number of hydrogen-bond acceptors (Lipinski definition) is 7. The van der Waals surface area contributed by atoms with Crippen LogP contribution in [0.5, 0.6) is 0 Å². The number of piperazine rings is 1. The van der Waals surface area contributed by atoms with Crippen LogP contribution in [0.4, 0.5) is 20.2 Å². The number of rotatable bonds is 13. The first kappa shape index (κ1) is 32.3. The number of allylic oxidation sites excluding steroid dienone is 6. The molecule has 5 N–H and O–H groups in total. The number of nitrogens with one attached hydrogen (secondary N) is 3. The molecule has 1 saturated heterocycles. The van der Waals surface area contributed by atoms with E-state index in [1.54, 1.807) is 6.92 Å². The van der Waals surface area contributed by atoms with Gasteiger partial charge >= 0.3 is 0 Å². The van der Waals surface area contributed by atoms with Crippen molar-refractivity contribution in [3.05, 3.63) is 82.3 Å². The molecule has 0 aliphatic carbocycles. The highest BCUT2D eigenvalue weighted by atomic mass is 32.2. The number of alkyl halides is 1. The summed E-state index contributed by atoms with van der Waals surface area (Å²) in [7, 11) is 0. The number of hydroxylamine groups is 1. The van der Waals surface area contributed by atoms with Gasteiger partial charge in [-0.15, -0.1) is 0 Å². The fourth-order valence-electron chi connectivity index (χ4n) is 3.06. The molecule has 1 aromatic rings. The van der Waals surface area contributed by atoms with Gasteiger partial charge in [0.15, 0.2) is 0 Å². The van der Waals surface area contributed by atoms with Crippen LogP contribution in [0.3, 0.4) is 0 Å². The summed E-state index contributed by atoms with van der Waals surface area (Å²) in [5.74, 6) is -0.594. The van der Waals surface area contributed by atoms with Crippen LogP contribution in [0, 0.1) is 0 Å². The summed E-state index contributed by atoms with van der Waals surface area (Å²) in [6.07, 6.45) is 4.67. The molecule has 1 heterocycles. The molecule has 6 nitrogen and oxygen atoms in total. The van der Waals surface area contributed by atoms with E-state index in [2.05, 4.69) is 65.7 Å². The van der Waals surface area contributed by atoms with Crippen LogP contribution < -0.4 is 26.7 Å². The van der Waals surface area contributed by atoms with Crippen LogP contribution >= 0.6 is 11.8 Å². The maximum atomic E-state index is 14.0. The Morgan fingerprint density at radius 3 is 2.41 bits per heavy atom. The first-order valence-corrected chi connectivity index (χ1v) is 13.5. The molecule has 1 aliphatic heterocycles. The Balaban J connectivity index is 0.00000334. The third-order valence-electron chi connectivity index (χ3n) is 5.20. The Morgan fingerprint density at radius 2 is 1.84 bits per heavy atom. The standard InChI is InChI=1S/C26H37F2N5OS.C2H6/c1-5-19(2)25(31-23-10-12-24(13-11-23)33-16-14-30-15-17-33)35-26(21(4)29)32-34-18-22(28)9-7-6-8-20(3)27;1-2/h6-13,22,30-32H,3,5,14-18,29H2,1-2,4H3;1-2H3/b8-6-,9-7+,25-19+,26-21+;. The maximum Gasteiger partial charge on any atom is 0.144 e. The number of halogens is 2. The van der Waals surface area contributed by atoms with Crippen molar-refractivity contribution in [2.45, 2.75) is 47.2 Å². The van der Waals surface area contributed by atoms with Gasteiger partial charge in [0.2, 0.25) is 0 Å². The van der Waals surface area contributed by atoms with Crippen LogP contribution in [0.1, 0.15) is 41.0 Å². The minimum Gasteiger partial charge on any atom is -0.400 e. The minimum atomic E-state index is -1.37. The van der Waals surface area contributed by atoms with E-state index in [1.807, 2.05) is 13.8 Å². The average molecular weight is 536 g/mol. The monoisotopic (exact) mass is 535 g/mol. The summed E-state index contributed by atoms with van der Waals surface area (Å²) < 4.78 is 26.5. The third-order valence-corrected chi connectivity index (χ3v) is 6.47. The SMILES string of the molecule is C=C(F)/C=C\C=C\C(F)CON/C(S/C(Nc1ccc(N2CCNCC2)cc1)=C(\C)CC)=C(/C)N.CC.